The minimum atomic E-state index is -0.0571. The fourth-order valence-electron chi connectivity index (χ4n) is 2.58. The lowest BCUT2D eigenvalue weighted by atomic mass is 9.90. The molecule has 4 heteroatoms. The molecule has 1 saturated heterocycles. The summed E-state index contributed by atoms with van der Waals surface area (Å²) < 4.78 is 0. The first-order valence-corrected chi connectivity index (χ1v) is 6.90. The number of hydrogen-bond donors (Lipinski definition) is 2. The van der Waals surface area contributed by atoms with E-state index in [2.05, 4.69) is 11.0 Å². The molecule has 18 heavy (non-hydrogen) atoms. The van der Waals surface area contributed by atoms with Crippen molar-refractivity contribution in [2.24, 2.45) is 11.7 Å². The summed E-state index contributed by atoms with van der Waals surface area (Å²) in [5.74, 6) is 0.464. The van der Waals surface area contributed by atoms with Crippen molar-refractivity contribution in [1.82, 2.24) is 4.90 Å². The summed E-state index contributed by atoms with van der Waals surface area (Å²) >= 11 is 5.98. The van der Waals surface area contributed by atoms with Gasteiger partial charge in [0.15, 0.2) is 0 Å². The SMILES string of the molecule is NC(CO)C1CCN(Cc2cccc(Cl)c2)CC1. The number of aliphatic hydroxyl groups excluding tert-OH is 1. The number of aliphatic hydroxyl groups is 1. The molecule has 1 fully saturated rings. The van der Waals surface area contributed by atoms with Gasteiger partial charge < -0.3 is 10.8 Å². The van der Waals surface area contributed by atoms with Crippen LogP contribution in [0.4, 0.5) is 0 Å². The van der Waals surface area contributed by atoms with Gasteiger partial charge in [-0.25, -0.2) is 0 Å². The summed E-state index contributed by atoms with van der Waals surface area (Å²) in [5, 5.41) is 9.86. The van der Waals surface area contributed by atoms with Crippen LogP contribution >= 0.6 is 11.6 Å². The van der Waals surface area contributed by atoms with Crippen LogP contribution in [-0.2, 0) is 6.54 Å². The summed E-state index contributed by atoms with van der Waals surface area (Å²) in [7, 11) is 0. The van der Waals surface area contributed by atoms with Gasteiger partial charge in [0.2, 0.25) is 0 Å². The first kappa shape index (κ1) is 13.8. The van der Waals surface area contributed by atoms with Crippen molar-refractivity contribution in [2.75, 3.05) is 19.7 Å². The van der Waals surface area contributed by atoms with E-state index < -0.39 is 0 Å². The maximum Gasteiger partial charge on any atom is 0.0585 e. The average Bonchev–Trinajstić information content (AvgIpc) is 2.39. The Bertz CT molecular complexity index is 378. The highest BCUT2D eigenvalue weighted by Gasteiger charge is 2.23. The predicted molar refractivity (Wildman–Crippen MR) is 74.5 cm³/mol. The van der Waals surface area contributed by atoms with E-state index in [1.807, 2.05) is 18.2 Å². The third kappa shape index (κ3) is 3.69. The van der Waals surface area contributed by atoms with Crippen LogP contribution in [0.25, 0.3) is 0 Å². The lowest BCUT2D eigenvalue weighted by molar-refractivity contribution is 0.136. The number of likely N-dealkylation sites (tertiary alicyclic amines) is 1. The van der Waals surface area contributed by atoms with Gasteiger partial charge in [-0.15, -0.1) is 0 Å². The summed E-state index contributed by atoms with van der Waals surface area (Å²) in [5.41, 5.74) is 7.14. The van der Waals surface area contributed by atoms with Gasteiger partial charge in [0, 0.05) is 17.6 Å². The maximum absolute atomic E-state index is 9.07. The molecule has 1 atom stereocenters. The van der Waals surface area contributed by atoms with Gasteiger partial charge in [-0.2, -0.15) is 0 Å². The van der Waals surface area contributed by atoms with E-state index in [1.54, 1.807) is 0 Å². The lowest BCUT2D eigenvalue weighted by Gasteiger charge is -2.34. The molecule has 0 bridgehead atoms. The molecule has 1 heterocycles. The van der Waals surface area contributed by atoms with Gasteiger partial charge in [-0.05, 0) is 49.5 Å². The molecule has 1 aliphatic rings. The quantitative estimate of drug-likeness (QED) is 0.877. The first-order chi connectivity index (χ1) is 8.69. The molecule has 2 rings (SSSR count). The van der Waals surface area contributed by atoms with Crippen LogP contribution in [0.5, 0.6) is 0 Å². The van der Waals surface area contributed by atoms with Gasteiger partial charge >= 0.3 is 0 Å². The Labute approximate surface area is 114 Å². The standard InChI is InChI=1S/C14H21ClN2O/c15-13-3-1-2-11(8-13)9-17-6-4-12(5-7-17)14(16)10-18/h1-3,8,12,14,18H,4-7,9-10,16H2. The fourth-order valence-corrected chi connectivity index (χ4v) is 2.79. The highest BCUT2D eigenvalue weighted by molar-refractivity contribution is 6.30. The third-order valence-electron chi connectivity index (χ3n) is 3.74. The number of hydrogen-bond acceptors (Lipinski definition) is 3. The minimum absolute atomic E-state index is 0.0571. The molecular formula is C14H21ClN2O. The van der Waals surface area contributed by atoms with E-state index in [1.165, 1.54) is 5.56 Å². The maximum atomic E-state index is 9.07. The van der Waals surface area contributed by atoms with E-state index in [9.17, 15) is 0 Å². The topological polar surface area (TPSA) is 49.5 Å². The van der Waals surface area contributed by atoms with Crippen molar-refractivity contribution in [3.05, 3.63) is 34.9 Å². The Kier molecular flexibility index (Phi) is 5.01. The Balaban J connectivity index is 1.83. The van der Waals surface area contributed by atoms with Gasteiger partial charge in [0.25, 0.3) is 0 Å². The summed E-state index contributed by atoms with van der Waals surface area (Å²) in [4.78, 5) is 2.42. The molecule has 1 aliphatic heterocycles. The Morgan fingerprint density at radius 1 is 1.39 bits per heavy atom. The molecule has 0 aromatic heterocycles. The van der Waals surface area contributed by atoms with E-state index in [4.69, 9.17) is 22.4 Å². The molecule has 0 spiro atoms. The number of piperidine rings is 1. The Morgan fingerprint density at radius 2 is 2.11 bits per heavy atom. The van der Waals surface area contributed by atoms with Crippen LogP contribution < -0.4 is 5.73 Å². The number of benzene rings is 1. The third-order valence-corrected chi connectivity index (χ3v) is 3.98. The number of nitrogens with zero attached hydrogens (tertiary/aromatic N) is 1. The molecule has 3 N–H and O–H groups in total. The van der Waals surface area contributed by atoms with Crippen LogP contribution in [0.2, 0.25) is 5.02 Å². The molecule has 1 aromatic carbocycles. The van der Waals surface area contributed by atoms with E-state index >= 15 is 0 Å². The van der Waals surface area contributed by atoms with Gasteiger partial charge in [-0.1, -0.05) is 23.7 Å². The van der Waals surface area contributed by atoms with Crippen LogP contribution in [-0.4, -0.2) is 35.7 Å². The molecule has 0 amide bonds. The highest BCUT2D eigenvalue weighted by atomic mass is 35.5. The zero-order valence-electron chi connectivity index (χ0n) is 10.6. The van der Waals surface area contributed by atoms with Gasteiger partial charge in [-0.3, -0.25) is 4.90 Å². The smallest absolute Gasteiger partial charge is 0.0585 e. The zero-order chi connectivity index (χ0) is 13.0. The fraction of sp³-hybridized carbons (Fsp3) is 0.571. The molecule has 100 valence electrons. The Hall–Kier alpha value is -0.610. The van der Waals surface area contributed by atoms with Crippen molar-refractivity contribution in [2.45, 2.75) is 25.4 Å². The summed E-state index contributed by atoms with van der Waals surface area (Å²) in [6.07, 6.45) is 2.14. The largest absolute Gasteiger partial charge is 0.395 e. The first-order valence-electron chi connectivity index (χ1n) is 6.52. The molecule has 0 aliphatic carbocycles. The van der Waals surface area contributed by atoms with Crippen LogP contribution in [0, 0.1) is 5.92 Å². The number of rotatable bonds is 4. The molecule has 1 aromatic rings. The van der Waals surface area contributed by atoms with Crippen molar-refractivity contribution in [3.8, 4) is 0 Å². The number of halogens is 1. The average molecular weight is 269 g/mol. The predicted octanol–water partition coefficient (Wildman–Crippen LogP) is 1.87. The summed E-state index contributed by atoms with van der Waals surface area (Å²) in [6, 6.07) is 7.96. The molecule has 0 saturated carbocycles. The normalized spacial score (nSPS) is 19.9. The van der Waals surface area contributed by atoms with Crippen molar-refractivity contribution in [1.29, 1.82) is 0 Å². The second-order valence-electron chi connectivity index (χ2n) is 5.09. The van der Waals surface area contributed by atoms with Crippen LogP contribution in [0.15, 0.2) is 24.3 Å². The molecule has 1 unspecified atom stereocenters. The highest BCUT2D eigenvalue weighted by Crippen LogP contribution is 2.21. The van der Waals surface area contributed by atoms with E-state index in [0.29, 0.717) is 5.92 Å². The monoisotopic (exact) mass is 268 g/mol. The number of nitrogens with two attached hydrogens (primary N) is 1. The zero-order valence-corrected chi connectivity index (χ0v) is 11.3. The second-order valence-corrected chi connectivity index (χ2v) is 5.53. The van der Waals surface area contributed by atoms with E-state index in [0.717, 1.165) is 37.5 Å². The van der Waals surface area contributed by atoms with Crippen LogP contribution in [0.1, 0.15) is 18.4 Å². The van der Waals surface area contributed by atoms with Gasteiger partial charge in [0.05, 0.1) is 6.61 Å². The van der Waals surface area contributed by atoms with Gasteiger partial charge in [0.1, 0.15) is 0 Å². The summed E-state index contributed by atoms with van der Waals surface area (Å²) in [6.45, 7) is 3.14. The molecule has 0 radical (unpaired) electrons. The molecular weight excluding hydrogens is 248 g/mol. The van der Waals surface area contributed by atoms with E-state index in [-0.39, 0.29) is 12.6 Å². The lowest BCUT2D eigenvalue weighted by Crippen LogP contribution is -2.42. The van der Waals surface area contributed by atoms with Crippen molar-refractivity contribution >= 4 is 11.6 Å². The van der Waals surface area contributed by atoms with Crippen LogP contribution in [0.3, 0.4) is 0 Å². The Morgan fingerprint density at radius 3 is 2.72 bits per heavy atom. The second kappa shape index (κ2) is 6.53. The molecule has 3 nitrogen and oxygen atoms in total. The minimum Gasteiger partial charge on any atom is -0.395 e. The van der Waals surface area contributed by atoms with Crippen molar-refractivity contribution < 1.29 is 5.11 Å². The van der Waals surface area contributed by atoms with Crippen molar-refractivity contribution in [3.63, 3.8) is 0 Å².